The van der Waals surface area contributed by atoms with Gasteiger partial charge in [-0.3, -0.25) is 0 Å². The first-order valence-electron chi connectivity index (χ1n) is 6.87. The van der Waals surface area contributed by atoms with E-state index in [1.807, 2.05) is 36.4 Å². The molecule has 100 valence electrons. The van der Waals surface area contributed by atoms with Crippen molar-refractivity contribution in [2.24, 2.45) is 0 Å². The molecule has 1 N–H and O–H groups in total. The van der Waals surface area contributed by atoms with E-state index in [9.17, 15) is 0 Å². The summed E-state index contributed by atoms with van der Waals surface area (Å²) in [7, 11) is 0. The lowest BCUT2D eigenvalue weighted by molar-refractivity contribution is 0.634. The van der Waals surface area contributed by atoms with Crippen molar-refractivity contribution in [2.45, 2.75) is 32.2 Å². The van der Waals surface area contributed by atoms with E-state index in [2.05, 4.69) is 30.4 Å². The van der Waals surface area contributed by atoms with Crippen molar-refractivity contribution in [3.8, 4) is 0 Å². The molecule has 0 amide bonds. The Morgan fingerprint density at radius 1 is 1.00 bits per heavy atom. The van der Waals surface area contributed by atoms with Crippen LogP contribution in [0.4, 0.5) is 5.69 Å². The predicted octanol–water partition coefficient (Wildman–Crippen LogP) is 5.68. The molecular formula is C17H20ClN. The summed E-state index contributed by atoms with van der Waals surface area (Å²) >= 11 is 6.32. The van der Waals surface area contributed by atoms with Crippen LogP contribution in [0.3, 0.4) is 0 Å². The fourth-order valence-electron chi connectivity index (χ4n) is 2.21. The van der Waals surface area contributed by atoms with Crippen LogP contribution in [0.1, 0.15) is 37.8 Å². The van der Waals surface area contributed by atoms with E-state index < -0.39 is 0 Å². The Hall–Kier alpha value is -1.47. The van der Waals surface area contributed by atoms with Crippen molar-refractivity contribution in [3.05, 3.63) is 65.2 Å². The fraction of sp³-hybridized carbons (Fsp3) is 0.294. The zero-order valence-electron chi connectivity index (χ0n) is 11.3. The number of unbranched alkanes of at least 4 members (excludes halogenated alkanes) is 1. The number of rotatable bonds is 6. The van der Waals surface area contributed by atoms with Crippen LogP contribution in [0.15, 0.2) is 54.6 Å². The summed E-state index contributed by atoms with van der Waals surface area (Å²) in [6, 6.07) is 18.7. The first-order valence-corrected chi connectivity index (χ1v) is 7.25. The standard InChI is InChI=1S/C17H20ClN/c1-2-3-13-17(15-11-7-8-12-16(15)18)19-14-9-5-4-6-10-14/h4-12,17,19H,2-3,13H2,1H3/t17-/m1/s1. The quantitative estimate of drug-likeness (QED) is 0.713. The van der Waals surface area contributed by atoms with Crippen LogP contribution >= 0.6 is 11.6 Å². The number of benzene rings is 2. The fourth-order valence-corrected chi connectivity index (χ4v) is 2.47. The zero-order valence-corrected chi connectivity index (χ0v) is 12.0. The highest BCUT2D eigenvalue weighted by molar-refractivity contribution is 6.31. The molecule has 1 atom stereocenters. The van der Waals surface area contributed by atoms with Gasteiger partial charge >= 0.3 is 0 Å². The molecule has 0 spiro atoms. The molecule has 2 aromatic carbocycles. The third kappa shape index (κ3) is 4.00. The first kappa shape index (κ1) is 14.0. The van der Waals surface area contributed by atoms with Gasteiger partial charge in [-0.1, -0.05) is 67.8 Å². The van der Waals surface area contributed by atoms with Crippen molar-refractivity contribution >= 4 is 17.3 Å². The maximum absolute atomic E-state index is 6.32. The summed E-state index contributed by atoms with van der Waals surface area (Å²) in [5.74, 6) is 0. The SMILES string of the molecule is CCCC[C@@H](Nc1ccccc1)c1ccccc1Cl. The van der Waals surface area contributed by atoms with Crippen LogP contribution < -0.4 is 5.32 Å². The van der Waals surface area contributed by atoms with E-state index >= 15 is 0 Å². The second-order valence-corrected chi connectivity index (χ2v) is 5.13. The second-order valence-electron chi connectivity index (χ2n) is 4.73. The van der Waals surface area contributed by atoms with E-state index in [4.69, 9.17) is 11.6 Å². The number of hydrogen-bond acceptors (Lipinski definition) is 1. The van der Waals surface area contributed by atoms with Crippen LogP contribution in [0.2, 0.25) is 5.02 Å². The Morgan fingerprint density at radius 3 is 2.37 bits per heavy atom. The maximum Gasteiger partial charge on any atom is 0.0528 e. The zero-order chi connectivity index (χ0) is 13.5. The smallest absolute Gasteiger partial charge is 0.0528 e. The Labute approximate surface area is 120 Å². The third-order valence-corrected chi connectivity index (χ3v) is 3.59. The normalized spacial score (nSPS) is 12.1. The molecule has 2 rings (SSSR count). The molecule has 0 fully saturated rings. The van der Waals surface area contributed by atoms with Crippen LogP contribution in [0.25, 0.3) is 0 Å². The molecule has 0 aliphatic rings. The van der Waals surface area contributed by atoms with Crippen molar-refractivity contribution < 1.29 is 0 Å². The van der Waals surface area contributed by atoms with Crippen molar-refractivity contribution in [3.63, 3.8) is 0 Å². The van der Waals surface area contributed by atoms with E-state index in [-0.39, 0.29) is 6.04 Å². The molecule has 0 radical (unpaired) electrons. The molecule has 1 nitrogen and oxygen atoms in total. The van der Waals surface area contributed by atoms with Gasteiger partial charge in [0.2, 0.25) is 0 Å². The average molecular weight is 274 g/mol. The summed E-state index contributed by atoms with van der Waals surface area (Å²) in [4.78, 5) is 0. The average Bonchev–Trinajstić information content (AvgIpc) is 2.45. The molecule has 0 saturated heterocycles. The van der Waals surface area contributed by atoms with E-state index in [0.29, 0.717) is 0 Å². The molecule has 0 bridgehead atoms. The topological polar surface area (TPSA) is 12.0 Å². The molecule has 0 saturated carbocycles. The molecule has 2 heteroatoms. The van der Waals surface area contributed by atoms with Crippen molar-refractivity contribution in [2.75, 3.05) is 5.32 Å². The molecule has 19 heavy (non-hydrogen) atoms. The molecule has 0 unspecified atom stereocenters. The Kier molecular flexibility index (Phi) is 5.29. The van der Waals surface area contributed by atoms with Crippen molar-refractivity contribution in [1.82, 2.24) is 0 Å². The molecule has 2 aromatic rings. The van der Waals surface area contributed by atoms with E-state index in [1.54, 1.807) is 0 Å². The minimum absolute atomic E-state index is 0.274. The maximum atomic E-state index is 6.32. The Balaban J connectivity index is 2.19. The molecule has 0 heterocycles. The molecular weight excluding hydrogens is 254 g/mol. The van der Waals surface area contributed by atoms with Gasteiger partial charge in [-0.2, -0.15) is 0 Å². The van der Waals surface area contributed by atoms with Crippen LogP contribution in [-0.4, -0.2) is 0 Å². The number of halogens is 1. The largest absolute Gasteiger partial charge is 0.378 e. The van der Waals surface area contributed by atoms with E-state index in [0.717, 1.165) is 17.1 Å². The van der Waals surface area contributed by atoms with Gasteiger partial charge in [-0.05, 0) is 30.2 Å². The lowest BCUT2D eigenvalue weighted by Gasteiger charge is -2.21. The van der Waals surface area contributed by atoms with Gasteiger partial charge in [0.15, 0.2) is 0 Å². The van der Waals surface area contributed by atoms with Crippen LogP contribution in [-0.2, 0) is 0 Å². The van der Waals surface area contributed by atoms with Crippen LogP contribution in [0.5, 0.6) is 0 Å². The third-order valence-electron chi connectivity index (χ3n) is 3.24. The van der Waals surface area contributed by atoms with Crippen LogP contribution in [0, 0.1) is 0 Å². The number of anilines is 1. The number of nitrogens with one attached hydrogen (secondary N) is 1. The highest BCUT2D eigenvalue weighted by Crippen LogP contribution is 2.29. The number of hydrogen-bond donors (Lipinski definition) is 1. The van der Waals surface area contributed by atoms with Gasteiger partial charge in [0.25, 0.3) is 0 Å². The summed E-state index contributed by atoms with van der Waals surface area (Å²) in [6.07, 6.45) is 3.47. The lowest BCUT2D eigenvalue weighted by Crippen LogP contribution is -2.11. The highest BCUT2D eigenvalue weighted by atomic mass is 35.5. The first-order chi connectivity index (χ1) is 9.31. The summed E-state index contributed by atoms with van der Waals surface area (Å²) in [5, 5.41) is 4.43. The molecule has 0 aliphatic carbocycles. The van der Waals surface area contributed by atoms with E-state index in [1.165, 1.54) is 18.4 Å². The summed E-state index contributed by atoms with van der Waals surface area (Å²) < 4.78 is 0. The predicted molar refractivity (Wildman–Crippen MR) is 83.8 cm³/mol. The van der Waals surface area contributed by atoms with Gasteiger partial charge in [0.05, 0.1) is 6.04 Å². The Morgan fingerprint density at radius 2 is 1.68 bits per heavy atom. The highest BCUT2D eigenvalue weighted by Gasteiger charge is 2.13. The Bertz CT molecular complexity index is 496. The van der Waals surface area contributed by atoms with Gasteiger partial charge in [-0.25, -0.2) is 0 Å². The van der Waals surface area contributed by atoms with Gasteiger partial charge in [-0.15, -0.1) is 0 Å². The monoisotopic (exact) mass is 273 g/mol. The van der Waals surface area contributed by atoms with Gasteiger partial charge < -0.3 is 5.32 Å². The summed E-state index contributed by atoms with van der Waals surface area (Å²) in [6.45, 7) is 2.21. The minimum Gasteiger partial charge on any atom is -0.378 e. The van der Waals surface area contributed by atoms with Gasteiger partial charge in [0.1, 0.15) is 0 Å². The number of para-hydroxylation sites is 1. The molecule has 0 aliphatic heterocycles. The molecule has 0 aromatic heterocycles. The minimum atomic E-state index is 0.274. The summed E-state index contributed by atoms with van der Waals surface area (Å²) in [5.41, 5.74) is 2.32. The van der Waals surface area contributed by atoms with Crippen molar-refractivity contribution in [1.29, 1.82) is 0 Å². The second kappa shape index (κ2) is 7.20. The van der Waals surface area contributed by atoms with Gasteiger partial charge in [0, 0.05) is 10.7 Å². The lowest BCUT2D eigenvalue weighted by atomic mass is 10.0.